The summed E-state index contributed by atoms with van der Waals surface area (Å²) in [6, 6.07) is 23.9. The lowest BCUT2D eigenvalue weighted by atomic mass is 10.0. The van der Waals surface area contributed by atoms with E-state index >= 15 is 0 Å². The molecule has 0 saturated heterocycles. The van der Waals surface area contributed by atoms with Gasteiger partial charge in [-0.25, -0.2) is 28.7 Å². The zero-order valence-electron chi connectivity index (χ0n) is 26.5. The number of benzene rings is 3. The molecule has 0 unspecified atom stereocenters. The number of halogens is 2. The monoisotopic (exact) mass is 690 g/mol. The quantitative estimate of drug-likeness (QED) is 0.239. The van der Waals surface area contributed by atoms with E-state index in [9.17, 15) is 28.0 Å². The van der Waals surface area contributed by atoms with Crippen molar-refractivity contribution in [3.63, 3.8) is 0 Å². The Morgan fingerprint density at radius 2 is 0.904 bits per heavy atom. The van der Waals surface area contributed by atoms with Crippen molar-refractivity contribution in [3.8, 4) is 33.9 Å². The van der Waals surface area contributed by atoms with Gasteiger partial charge < -0.3 is 0 Å². The molecule has 6 aromatic heterocycles. The van der Waals surface area contributed by atoms with Crippen molar-refractivity contribution in [2.75, 3.05) is 0 Å². The number of hydrogen-bond donors (Lipinski definition) is 2. The first-order valence-corrected chi connectivity index (χ1v) is 15.8. The molecule has 0 amide bonds. The number of fused-ring (bicyclic) bond motifs is 4. The molecule has 0 bridgehead atoms. The number of nitrogens with one attached hydrogen (secondary N) is 2. The number of nitrogens with zero attached hydrogens (tertiary/aromatic N) is 6. The lowest BCUT2D eigenvalue weighted by Crippen LogP contribution is -2.32. The maximum Gasteiger partial charge on any atom is 0.279 e. The number of rotatable bonds is 4. The molecule has 52 heavy (non-hydrogen) atoms. The van der Waals surface area contributed by atoms with Gasteiger partial charge in [0, 0.05) is 34.3 Å². The summed E-state index contributed by atoms with van der Waals surface area (Å²) in [5.74, 6) is -0.932. The van der Waals surface area contributed by atoms with Gasteiger partial charge in [0.15, 0.2) is 22.9 Å². The molecule has 0 aliphatic heterocycles. The van der Waals surface area contributed by atoms with Crippen LogP contribution in [0, 0.1) is 11.6 Å². The molecule has 0 aliphatic carbocycles. The SMILES string of the molecule is O=c1[nH]n(-c2nc3ncccc3cc2-c2ccc(F)cc2)c(=O)c2cc3c(=O)n(-c4nc5ncccc5cc4-c4ccc(F)cc4)[nH]c(=O)c3cc12. The van der Waals surface area contributed by atoms with Crippen LogP contribution in [0.15, 0.2) is 129 Å². The summed E-state index contributed by atoms with van der Waals surface area (Å²) in [7, 11) is 0. The van der Waals surface area contributed by atoms with Crippen molar-refractivity contribution in [2.45, 2.75) is 0 Å². The van der Waals surface area contributed by atoms with Crippen LogP contribution in [-0.4, -0.2) is 39.5 Å². The Morgan fingerprint density at radius 1 is 0.500 bits per heavy atom. The van der Waals surface area contributed by atoms with Crippen LogP contribution in [0.5, 0.6) is 0 Å². The summed E-state index contributed by atoms with van der Waals surface area (Å²) in [6.45, 7) is 0. The smallest absolute Gasteiger partial charge is 0.267 e. The highest BCUT2D eigenvalue weighted by Crippen LogP contribution is 2.30. The maximum absolute atomic E-state index is 14.3. The molecule has 0 radical (unpaired) electrons. The minimum Gasteiger partial charge on any atom is -0.267 e. The van der Waals surface area contributed by atoms with Crippen LogP contribution in [0.2, 0.25) is 0 Å². The number of hydrogen-bond acceptors (Lipinski definition) is 8. The fraction of sp³-hybridized carbons (Fsp3) is 0. The molecule has 6 heterocycles. The van der Waals surface area contributed by atoms with Crippen LogP contribution in [-0.2, 0) is 0 Å². The molecule has 0 aliphatic rings. The lowest BCUT2D eigenvalue weighted by molar-refractivity contribution is 0.627. The molecule has 0 atom stereocenters. The lowest BCUT2D eigenvalue weighted by Gasteiger charge is -2.14. The molecule has 3 aromatic carbocycles. The first-order chi connectivity index (χ1) is 25.2. The van der Waals surface area contributed by atoms with Gasteiger partial charge in [-0.15, -0.1) is 0 Å². The highest BCUT2D eigenvalue weighted by molar-refractivity contribution is 5.97. The predicted octanol–water partition coefficient (Wildman–Crippen LogP) is 5.17. The molecular formula is C38H20F2N8O4. The van der Waals surface area contributed by atoms with Gasteiger partial charge in [0.2, 0.25) is 0 Å². The second-order valence-electron chi connectivity index (χ2n) is 11.9. The van der Waals surface area contributed by atoms with Crippen molar-refractivity contribution in [1.82, 2.24) is 39.5 Å². The summed E-state index contributed by atoms with van der Waals surface area (Å²) < 4.78 is 29.7. The third-order valence-corrected chi connectivity index (χ3v) is 8.81. The molecule has 14 heteroatoms. The van der Waals surface area contributed by atoms with Crippen LogP contribution < -0.4 is 22.2 Å². The van der Waals surface area contributed by atoms with Crippen molar-refractivity contribution in [2.24, 2.45) is 0 Å². The second kappa shape index (κ2) is 11.6. The number of aromatic amines is 2. The molecule has 9 aromatic rings. The zero-order valence-corrected chi connectivity index (χ0v) is 26.5. The van der Waals surface area contributed by atoms with E-state index < -0.39 is 33.9 Å². The van der Waals surface area contributed by atoms with E-state index in [1.54, 1.807) is 36.4 Å². The van der Waals surface area contributed by atoms with Gasteiger partial charge in [-0.05, 0) is 83.9 Å². The van der Waals surface area contributed by atoms with E-state index in [1.165, 1.54) is 73.1 Å². The van der Waals surface area contributed by atoms with Crippen molar-refractivity contribution >= 4 is 43.6 Å². The Morgan fingerprint density at radius 3 is 1.33 bits per heavy atom. The summed E-state index contributed by atoms with van der Waals surface area (Å²) in [5.41, 5.74) is -0.653. The second-order valence-corrected chi connectivity index (χ2v) is 11.9. The molecule has 2 N–H and O–H groups in total. The van der Waals surface area contributed by atoms with E-state index in [0.717, 1.165) is 9.36 Å². The largest absolute Gasteiger partial charge is 0.279 e. The molecule has 0 saturated carbocycles. The Labute approximate surface area is 287 Å². The van der Waals surface area contributed by atoms with Crippen LogP contribution in [0.25, 0.3) is 77.5 Å². The van der Waals surface area contributed by atoms with Gasteiger partial charge in [-0.3, -0.25) is 29.4 Å². The molecule has 0 spiro atoms. The third kappa shape index (κ3) is 4.88. The topological polar surface area (TPSA) is 161 Å². The summed E-state index contributed by atoms with van der Waals surface area (Å²) in [4.78, 5) is 73.6. The first kappa shape index (κ1) is 30.6. The minimum absolute atomic E-state index is 0.00188. The van der Waals surface area contributed by atoms with Gasteiger partial charge in [0.05, 0.1) is 21.5 Å². The fourth-order valence-electron chi connectivity index (χ4n) is 6.31. The first-order valence-electron chi connectivity index (χ1n) is 15.8. The molecule has 250 valence electrons. The van der Waals surface area contributed by atoms with Crippen LogP contribution in [0.4, 0.5) is 8.78 Å². The third-order valence-electron chi connectivity index (χ3n) is 8.81. The fourth-order valence-corrected chi connectivity index (χ4v) is 6.31. The Bertz CT molecular complexity index is 2980. The van der Waals surface area contributed by atoms with Gasteiger partial charge in [-0.1, -0.05) is 24.3 Å². The molecular weight excluding hydrogens is 670 g/mol. The normalized spacial score (nSPS) is 11.6. The van der Waals surface area contributed by atoms with Gasteiger partial charge in [0.25, 0.3) is 22.2 Å². The Balaban J connectivity index is 1.32. The summed E-state index contributed by atoms with van der Waals surface area (Å²) >= 11 is 0. The van der Waals surface area contributed by atoms with E-state index in [-0.39, 0.29) is 44.5 Å². The van der Waals surface area contributed by atoms with Crippen LogP contribution in [0.3, 0.4) is 0 Å². The summed E-state index contributed by atoms with van der Waals surface area (Å²) in [6.07, 6.45) is 3.05. The van der Waals surface area contributed by atoms with E-state index in [1.807, 2.05) is 0 Å². The van der Waals surface area contributed by atoms with E-state index in [0.29, 0.717) is 33.0 Å². The maximum atomic E-state index is 14.3. The van der Waals surface area contributed by atoms with Crippen molar-refractivity contribution in [3.05, 3.63) is 163 Å². The summed E-state index contributed by atoms with van der Waals surface area (Å²) in [5, 5.41) is 5.73. The van der Waals surface area contributed by atoms with E-state index in [2.05, 4.69) is 30.1 Å². The zero-order chi connectivity index (χ0) is 35.7. The molecule has 12 nitrogen and oxygen atoms in total. The highest BCUT2D eigenvalue weighted by Gasteiger charge is 2.21. The molecule has 9 rings (SSSR count). The predicted molar refractivity (Wildman–Crippen MR) is 191 cm³/mol. The van der Waals surface area contributed by atoms with Gasteiger partial charge >= 0.3 is 0 Å². The highest BCUT2D eigenvalue weighted by atomic mass is 19.1. The van der Waals surface area contributed by atoms with Gasteiger partial charge in [-0.2, -0.15) is 9.36 Å². The van der Waals surface area contributed by atoms with Crippen LogP contribution in [0.1, 0.15) is 0 Å². The average molecular weight is 691 g/mol. The Kier molecular flexibility index (Phi) is 6.79. The van der Waals surface area contributed by atoms with Crippen LogP contribution >= 0.6 is 0 Å². The van der Waals surface area contributed by atoms with Crippen molar-refractivity contribution < 1.29 is 8.78 Å². The average Bonchev–Trinajstić information content (AvgIpc) is 3.17. The minimum atomic E-state index is -0.756. The van der Waals surface area contributed by atoms with E-state index in [4.69, 9.17) is 0 Å². The number of pyridine rings is 4. The van der Waals surface area contributed by atoms with Crippen molar-refractivity contribution in [1.29, 1.82) is 0 Å². The molecule has 0 fully saturated rings. The van der Waals surface area contributed by atoms with Gasteiger partial charge in [0.1, 0.15) is 11.6 Å². The standard InChI is InChI=1S/C38H20F2N8O4/c39-23-9-5-19(6-10-23)25-15-21-3-1-13-41-31(21)43-33(25)47-37(51)29-18-30-28(17-27(29)35(49)45-47)36(50)46-48(38(30)52)34-26(20-7-11-24(40)12-8-20)16-22-4-2-14-42-32(22)44-34/h1-18H,(H,45,49)(H,46,50). The number of H-pyrrole nitrogens is 2. The number of aromatic nitrogens is 8. The Hall–Kier alpha value is -7.48.